The molecule has 4 saturated carbocycles. The summed E-state index contributed by atoms with van der Waals surface area (Å²) in [4.78, 5) is 11.4. The standard InChI is InChI=1S/C21H28N2O4S/c1-19-9-16-10-20(2,12-19)14-21(11-16,13-19)23-28(26,27)17-5-3-4-15(8-17)6-7-18(24)22-25/h3-8,16,23,25H,9-14H2,1-2H3,(H,22,24)/b7-6+. The topological polar surface area (TPSA) is 95.5 Å². The van der Waals surface area contributed by atoms with Gasteiger partial charge >= 0.3 is 0 Å². The number of amides is 1. The quantitative estimate of drug-likeness (QED) is 0.399. The molecule has 1 aromatic rings. The molecule has 4 bridgehead atoms. The molecule has 4 aliphatic rings. The second kappa shape index (κ2) is 6.40. The monoisotopic (exact) mass is 404 g/mol. The number of hydroxylamine groups is 1. The third kappa shape index (κ3) is 3.63. The van der Waals surface area contributed by atoms with Crippen LogP contribution >= 0.6 is 0 Å². The number of rotatable bonds is 5. The summed E-state index contributed by atoms with van der Waals surface area (Å²) in [6, 6.07) is 6.50. The van der Waals surface area contributed by atoms with E-state index in [2.05, 4.69) is 18.6 Å². The molecule has 4 aliphatic carbocycles. The van der Waals surface area contributed by atoms with E-state index in [1.54, 1.807) is 24.3 Å². The van der Waals surface area contributed by atoms with Gasteiger partial charge in [0.05, 0.1) is 4.90 Å². The lowest BCUT2D eigenvalue weighted by molar-refractivity contribution is -0.124. The van der Waals surface area contributed by atoms with Crippen molar-refractivity contribution in [2.75, 3.05) is 0 Å². The van der Waals surface area contributed by atoms with Crippen LogP contribution in [-0.2, 0) is 14.8 Å². The van der Waals surface area contributed by atoms with Crippen molar-refractivity contribution in [1.82, 2.24) is 10.2 Å². The Kier molecular flexibility index (Phi) is 4.48. The number of nitrogens with one attached hydrogen (secondary N) is 2. The maximum Gasteiger partial charge on any atom is 0.267 e. The molecule has 2 unspecified atom stereocenters. The number of benzene rings is 1. The lowest BCUT2D eigenvalue weighted by Crippen LogP contribution is -2.65. The summed E-state index contributed by atoms with van der Waals surface area (Å²) >= 11 is 0. The molecule has 0 aromatic heterocycles. The molecule has 4 fully saturated rings. The Morgan fingerprint density at radius 1 is 1.14 bits per heavy atom. The van der Waals surface area contributed by atoms with E-state index in [9.17, 15) is 13.2 Å². The molecule has 3 N–H and O–H groups in total. The smallest absolute Gasteiger partial charge is 0.267 e. The fourth-order valence-electron chi connectivity index (χ4n) is 6.90. The van der Waals surface area contributed by atoms with Gasteiger partial charge in [0, 0.05) is 11.6 Å². The Balaban J connectivity index is 1.60. The first-order valence-electron chi connectivity index (χ1n) is 9.81. The Bertz CT molecular complexity index is 921. The highest BCUT2D eigenvalue weighted by Crippen LogP contribution is 2.66. The van der Waals surface area contributed by atoms with Gasteiger partial charge in [-0.25, -0.2) is 18.6 Å². The zero-order chi connectivity index (χ0) is 20.2. The molecule has 2 atom stereocenters. The molecule has 152 valence electrons. The van der Waals surface area contributed by atoms with Gasteiger partial charge in [0.1, 0.15) is 0 Å². The number of hydrogen-bond acceptors (Lipinski definition) is 4. The van der Waals surface area contributed by atoms with Gasteiger partial charge in [0.25, 0.3) is 5.91 Å². The van der Waals surface area contributed by atoms with Crippen LogP contribution in [0.25, 0.3) is 6.08 Å². The van der Waals surface area contributed by atoms with Crippen molar-refractivity contribution in [2.45, 2.75) is 62.8 Å². The molecule has 7 heteroatoms. The van der Waals surface area contributed by atoms with Gasteiger partial charge < -0.3 is 0 Å². The van der Waals surface area contributed by atoms with Crippen LogP contribution in [0.5, 0.6) is 0 Å². The molecule has 1 amide bonds. The van der Waals surface area contributed by atoms with Crippen molar-refractivity contribution in [3.63, 3.8) is 0 Å². The number of carbonyl (C=O) groups excluding carboxylic acids is 1. The summed E-state index contributed by atoms with van der Waals surface area (Å²) in [7, 11) is -3.68. The van der Waals surface area contributed by atoms with E-state index in [4.69, 9.17) is 5.21 Å². The molecule has 28 heavy (non-hydrogen) atoms. The minimum absolute atomic E-state index is 0.199. The lowest BCUT2D eigenvalue weighted by atomic mass is 9.43. The highest BCUT2D eigenvalue weighted by Gasteiger charge is 2.61. The van der Waals surface area contributed by atoms with Gasteiger partial charge in [-0.05, 0) is 79.0 Å². The van der Waals surface area contributed by atoms with Gasteiger partial charge in [0.2, 0.25) is 10.0 Å². The van der Waals surface area contributed by atoms with Crippen molar-refractivity contribution < 1.29 is 18.4 Å². The van der Waals surface area contributed by atoms with Gasteiger partial charge in [-0.15, -0.1) is 0 Å². The van der Waals surface area contributed by atoms with Crippen LogP contribution in [0.2, 0.25) is 0 Å². The third-order valence-electron chi connectivity index (χ3n) is 6.68. The van der Waals surface area contributed by atoms with Crippen LogP contribution in [0.1, 0.15) is 57.9 Å². The lowest BCUT2D eigenvalue weighted by Gasteiger charge is -2.65. The maximum absolute atomic E-state index is 13.2. The SMILES string of the molecule is CC12CC3CC(C)(C1)CC(NS(=O)(=O)c1cccc(/C=C/C(=O)NO)c1)(C3)C2. The average Bonchev–Trinajstić information content (AvgIpc) is 2.55. The number of hydrogen-bond donors (Lipinski definition) is 3. The molecular formula is C21H28N2O4S. The zero-order valence-corrected chi connectivity index (χ0v) is 17.2. The van der Waals surface area contributed by atoms with Gasteiger partial charge in [-0.2, -0.15) is 0 Å². The minimum Gasteiger partial charge on any atom is -0.288 e. The van der Waals surface area contributed by atoms with Crippen LogP contribution in [0.15, 0.2) is 35.2 Å². The normalized spacial score (nSPS) is 36.8. The number of sulfonamides is 1. The molecule has 5 rings (SSSR count). The van der Waals surface area contributed by atoms with Crippen molar-refractivity contribution in [3.05, 3.63) is 35.9 Å². The summed E-state index contributed by atoms with van der Waals surface area (Å²) in [6.07, 6.45) is 8.96. The van der Waals surface area contributed by atoms with E-state index in [0.29, 0.717) is 11.5 Å². The van der Waals surface area contributed by atoms with E-state index < -0.39 is 15.9 Å². The average molecular weight is 405 g/mol. The molecule has 6 nitrogen and oxygen atoms in total. The van der Waals surface area contributed by atoms with Gasteiger partial charge in [-0.3, -0.25) is 10.0 Å². The van der Waals surface area contributed by atoms with Crippen LogP contribution in [0.4, 0.5) is 0 Å². The predicted octanol–water partition coefficient (Wildman–Crippen LogP) is 3.23. The summed E-state index contributed by atoms with van der Waals surface area (Å²) in [5, 5.41) is 8.57. The summed E-state index contributed by atoms with van der Waals surface area (Å²) in [5.41, 5.74) is 2.18. The Morgan fingerprint density at radius 3 is 2.43 bits per heavy atom. The first-order valence-corrected chi connectivity index (χ1v) is 11.3. The van der Waals surface area contributed by atoms with Crippen molar-refractivity contribution in [3.8, 4) is 0 Å². The first-order chi connectivity index (χ1) is 13.0. The predicted molar refractivity (Wildman–Crippen MR) is 106 cm³/mol. The minimum atomic E-state index is -3.68. The van der Waals surface area contributed by atoms with Crippen LogP contribution in [0, 0.1) is 16.7 Å². The highest BCUT2D eigenvalue weighted by molar-refractivity contribution is 7.89. The van der Waals surface area contributed by atoms with E-state index >= 15 is 0 Å². The molecular weight excluding hydrogens is 376 g/mol. The van der Waals surface area contributed by atoms with Crippen molar-refractivity contribution in [2.24, 2.45) is 16.7 Å². The molecule has 0 aliphatic heterocycles. The fourth-order valence-corrected chi connectivity index (χ4v) is 8.36. The van der Waals surface area contributed by atoms with Gasteiger partial charge in [-0.1, -0.05) is 26.0 Å². The Morgan fingerprint density at radius 2 is 1.82 bits per heavy atom. The molecule has 0 spiro atoms. The summed E-state index contributed by atoms with van der Waals surface area (Å²) in [5.74, 6) is -0.0679. The van der Waals surface area contributed by atoms with Crippen LogP contribution in [-0.4, -0.2) is 25.1 Å². The Hall–Kier alpha value is -1.70. The molecule has 0 saturated heterocycles. The summed E-state index contributed by atoms with van der Waals surface area (Å²) in [6.45, 7) is 4.63. The van der Waals surface area contributed by atoms with Crippen LogP contribution in [0.3, 0.4) is 0 Å². The fraction of sp³-hybridized carbons (Fsp3) is 0.571. The Labute approximate surface area is 166 Å². The largest absolute Gasteiger partial charge is 0.288 e. The van der Waals surface area contributed by atoms with Crippen molar-refractivity contribution >= 4 is 22.0 Å². The molecule has 1 aromatic carbocycles. The van der Waals surface area contributed by atoms with Crippen LogP contribution < -0.4 is 10.2 Å². The van der Waals surface area contributed by atoms with E-state index in [0.717, 1.165) is 25.3 Å². The van der Waals surface area contributed by atoms with Gasteiger partial charge in [0.15, 0.2) is 0 Å². The maximum atomic E-state index is 13.2. The van der Waals surface area contributed by atoms with E-state index in [1.807, 2.05) is 0 Å². The van der Waals surface area contributed by atoms with Crippen molar-refractivity contribution in [1.29, 1.82) is 0 Å². The third-order valence-corrected chi connectivity index (χ3v) is 8.26. The second-order valence-corrected chi connectivity index (χ2v) is 11.6. The summed E-state index contributed by atoms with van der Waals surface area (Å²) < 4.78 is 29.5. The van der Waals surface area contributed by atoms with E-state index in [1.165, 1.54) is 30.8 Å². The molecule has 0 heterocycles. The highest BCUT2D eigenvalue weighted by atomic mass is 32.2. The molecule has 0 radical (unpaired) electrons. The first kappa shape index (κ1) is 19.6. The van der Waals surface area contributed by atoms with E-state index in [-0.39, 0.29) is 21.3 Å². The zero-order valence-electron chi connectivity index (χ0n) is 16.4. The number of carbonyl (C=O) groups is 1. The second-order valence-electron chi connectivity index (χ2n) is 9.90.